The summed E-state index contributed by atoms with van der Waals surface area (Å²) in [5.74, 6) is -0.00508. The van der Waals surface area contributed by atoms with E-state index in [2.05, 4.69) is 21.2 Å². The van der Waals surface area contributed by atoms with Crippen LogP contribution >= 0.6 is 15.9 Å². The Labute approximate surface area is 130 Å². The van der Waals surface area contributed by atoms with E-state index >= 15 is 0 Å². The Kier molecular flexibility index (Phi) is 3.80. The number of nitrogens with one attached hydrogen (secondary N) is 1. The van der Waals surface area contributed by atoms with Gasteiger partial charge in [0.15, 0.2) is 0 Å². The number of anilines is 1. The number of phenolic OH excluding ortho intramolecular Hbond substituents is 1. The maximum atomic E-state index is 13.2. The first-order chi connectivity index (χ1) is 10.1. The molecular formula is C17H13BrFNO. The molecule has 0 aromatic heterocycles. The Morgan fingerprint density at radius 1 is 1.00 bits per heavy atom. The SMILES string of the molecule is Oc1cccc2c(NCc3ccc(F)c(Br)c3)cccc12. The molecule has 0 aliphatic rings. The molecule has 0 bridgehead atoms. The topological polar surface area (TPSA) is 32.3 Å². The van der Waals surface area contributed by atoms with Gasteiger partial charge in [0.1, 0.15) is 11.6 Å². The minimum Gasteiger partial charge on any atom is -0.507 e. The predicted octanol–water partition coefficient (Wildman–Crippen LogP) is 5.06. The molecule has 0 atom stereocenters. The Balaban J connectivity index is 1.88. The highest BCUT2D eigenvalue weighted by atomic mass is 79.9. The van der Waals surface area contributed by atoms with Crippen molar-refractivity contribution >= 4 is 32.4 Å². The molecule has 3 rings (SSSR count). The molecule has 0 saturated carbocycles. The summed E-state index contributed by atoms with van der Waals surface area (Å²) in [6.07, 6.45) is 0. The van der Waals surface area contributed by atoms with E-state index in [1.807, 2.05) is 30.3 Å². The number of halogens is 2. The molecule has 0 fully saturated rings. The molecule has 3 aromatic carbocycles. The third-order valence-electron chi connectivity index (χ3n) is 3.37. The minimum atomic E-state index is -0.270. The van der Waals surface area contributed by atoms with Gasteiger partial charge < -0.3 is 10.4 Å². The normalized spacial score (nSPS) is 10.8. The molecule has 0 radical (unpaired) electrons. The van der Waals surface area contributed by atoms with Crippen LogP contribution in [0.25, 0.3) is 10.8 Å². The summed E-state index contributed by atoms with van der Waals surface area (Å²) in [4.78, 5) is 0. The summed E-state index contributed by atoms with van der Waals surface area (Å²) in [5, 5.41) is 15.0. The fourth-order valence-electron chi connectivity index (χ4n) is 2.29. The van der Waals surface area contributed by atoms with Gasteiger partial charge in [-0.05, 0) is 45.8 Å². The van der Waals surface area contributed by atoms with Gasteiger partial charge in [-0.25, -0.2) is 4.39 Å². The largest absolute Gasteiger partial charge is 0.507 e. The summed E-state index contributed by atoms with van der Waals surface area (Å²) in [7, 11) is 0. The molecule has 2 N–H and O–H groups in total. The van der Waals surface area contributed by atoms with Crippen molar-refractivity contribution in [1.82, 2.24) is 0 Å². The van der Waals surface area contributed by atoms with Crippen LogP contribution < -0.4 is 5.32 Å². The average Bonchev–Trinajstić information content (AvgIpc) is 2.49. The lowest BCUT2D eigenvalue weighted by molar-refractivity contribution is 0.481. The van der Waals surface area contributed by atoms with Crippen molar-refractivity contribution in [3.8, 4) is 5.75 Å². The summed E-state index contributed by atoms with van der Waals surface area (Å²) in [6.45, 7) is 0.577. The quantitative estimate of drug-likeness (QED) is 0.695. The van der Waals surface area contributed by atoms with E-state index in [1.54, 1.807) is 18.2 Å². The van der Waals surface area contributed by atoms with Gasteiger partial charge in [-0.1, -0.05) is 30.3 Å². The van der Waals surface area contributed by atoms with Crippen LogP contribution in [0, 0.1) is 5.82 Å². The molecule has 0 amide bonds. The van der Waals surface area contributed by atoms with E-state index in [-0.39, 0.29) is 11.6 Å². The molecule has 0 unspecified atom stereocenters. The van der Waals surface area contributed by atoms with Gasteiger partial charge in [0, 0.05) is 23.0 Å². The second-order valence-electron chi connectivity index (χ2n) is 4.78. The summed E-state index contributed by atoms with van der Waals surface area (Å²) < 4.78 is 13.7. The zero-order valence-electron chi connectivity index (χ0n) is 11.1. The lowest BCUT2D eigenvalue weighted by Crippen LogP contribution is -2.00. The fraction of sp³-hybridized carbons (Fsp3) is 0.0588. The first-order valence-corrected chi connectivity index (χ1v) is 7.33. The number of rotatable bonds is 3. The van der Waals surface area contributed by atoms with E-state index in [9.17, 15) is 9.50 Å². The second kappa shape index (κ2) is 5.74. The molecule has 0 aliphatic carbocycles. The highest BCUT2D eigenvalue weighted by Gasteiger charge is 2.05. The van der Waals surface area contributed by atoms with Crippen LogP contribution in [-0.2, 0) is 6.54 Å². The molecule has 21 heavy (non-hydrogen) atoms. The van der Waals surface area contributed by atoms with Gasteiger partial charge >= 0.3 is 0 Å². The number of hydrogen-bond donors (Lipinski definition) is 2. The molecule has 4 heteroatoms. The maximum Gasteiger partial charge on any atom is 0.137 e. The first kappa shape index (κ1) is 13.9. The summed E-state index contributed by atoms with van der Waals surface area (Å²) >= 11 is 3.19. The number of benzene rings is 3. The molecule has 3 aromatic rings. The number of aromatic hydroxyl groups is 1. The Hall–Kier alpha value is -2.07. The maximum absolute atomic E-state index is 13.2. The van der Waals surface area contributed by atoms with Crippen molar-refractivity contribution in [2.24, 2.45) is 0 Å². The van der Waals surface area contributed by atoms with Crippen LogP contribution in [0.15, 0.2) is 59.1 Å². The third kappa shape index (κ3) is 2.85. The number of phenols is 1. The van der Waals surface area contributed by atoms with E-state index in [1.165, 1.54) is 6.07 Å². The van der Waals surface area contributed by atoms with E-state index in [4.69, 9.17) is 0 Å². The van der Waals surface area contributed by atoms with Crippen LogP contribution in [0.2, 0.25) is 0 Å². The standard InChI is InChI=1S/C17H13BrFNO/c18-14-9-11(7-8-15(14)19)10-20-16-5-1-4-13-12(16)3-2-6-17(13)21/h1-9,20-21H,10H2. The molecule has 0 saturated heterocycles. The molecule has 106 valence electrons. The second-order valence-corrected chi connectivity index (χ2v) is 5.63. The van der Waals surface area contributed by atoms with Crippen molar-refractivity contribution in [3.63, 3.8) is 0 Å². The van der Waals surface area contributed by atoms with Crippen molar-refractivity contribution in [1.29, 1.82) is 0 Å². The van der Waals surface area contributed by atoms with Crippen LogP contribution in [0.4, 0.5) is 10.1 Å². The molecule has 0 spiro atoms. The third-order valence-corrected chi connectivity index (χ3v) is 3.97. The number of fused-ring (bicyclic) bond motifs is 1. The summed E-state index contributed by atoms with van der Waals surface area (Å²) in [5.41, 5.74) is 1.91. The molecule has 0 heterocycles. The highest BCUT2D eigenvalue weighted by molar-refractivity contribution is 9.10. The number of hydrogen-bond acceptors (Lipinski definition) is 2. The van der Waals surface area contributed by atoms with Gasteiger partial charge in [0.05, 0.1) is 4.47 Å². The lowest BCUT2D eigenvalue weighted by atomic mass is 10.1. The van der Waals surface area contributed by atoms with Crippen molar-refractivity contribution in [2.75, 3.05) is 5.32 Å². The highest BCUT2D eigenvalue weighted by Crippen LogP contribution is 2.30. The van der Waals surface area contributed by atoms with Crippen LogP contribution in [0.5, 0.6) is 5.75 Å². The Morgan fingerprint density at radius 3 is 2.57 bits per heavy atom. The molecular weight excluding hydrogens is 333 g/mol. The summed E-state index contributed by atoms with van der Waals surface area (Å²) in [6, 6.07) is 16.1. The smallest absolute Gasteiger partial charge is 0.137 e. The van der Waals surface area contributed by atoms with Gasteiger partial charge in [-0.15, -0.1) is 0 Å². The first-order valence-electron chi connectivity index (χ1n) is 6.53. The van der Waals surface area contributed by atoms with Crippen molar-refractivity contribution in [2.45, 2.75) is 6.54 Å². The van der Waals surface area contributed by atoms with Gasteiger partial charge in [-0.3, -0.25) is 0 Å². The fourth-order valence-corrected chi connectivity index (χ4v) is 2.72. The van der Waals surface area contributed by atoms with E-state index in [0.717, 1.165) is 22.0 Å². The van der Waals surface area contributed by atoms with Crippen molar-refractivity contribution < 1.29 is 9.50 Å². The van der Waals surface area contributed by atoms with E-state index < -0.39 is 0 Å². The van der Waals surface area contributed by atoms with Gasteiger partial charge in [0.25, 0.3) is 0 Å². The van der Waals surface area contributed by atoms with Crippen LogP contribution in [0.3, 0.4) is 0 Å². The molecule has 2 nitrogen and oxygen atoms in total. The Bertz CT molecular complexity index is 804. The zero-order valence-corrected chi connectivity index (χ0v) is 12.7. The Morgan fingerprint density at radius 2 is 1.76 bits per heavy atom. The van der Waals surface area contributed by atoms with E-state index in [0.29, 0.717) is 11.0 Å². The lowest BCUT2D eigenvalue weighted by Gasteiger charge is -2.11. The van der Waals surface area contributed by atoms with Crippen LogP contribution in [-0.4, -0.2) is 5.11 Å². The van der Waals surface area contributed by atoms with Crippen LogP contribution in [0.1, 0.15) is 5.56 Å². The predicted molar refractivity (Wildman–Crippen MR) is 87.0 cm³/mol. The van der Waals surface area contributed by atoms with Gasteiger partial charge in [0.2, 0.25) is 0 Å². The zero-order chi connectivity index (χ0) is 14.8. The van der Waals surface area contributed by atoms with Crippen molar-refractivity contribution in [3.05, 3.63) is 70.5 Å². The average molecular weight is 346 g/mol. The van der Waals surface area contributed by atoms with Gasteiger partial charge in [-0.2, -0.15) is 0 Å². The minimum absolute atomic E-state index is 0.265. The molecule has 0 aliphatic heterocycles. The monoisotopic (exact) mass is 345 g/mol.